The van der Waals surface area contributed by atoms with Crippen LogP contribution in [0.15, 0.2) is 59.7 Å². The molecule has 1 N–H and O–H groups in total. The molecular weight excluding hydrogens is 406 g/mol. The molecule has 0 saturated carbocycles. The molecule has 0 radical (unpaired) electrons. The van der Waals surface area contributed by atoms with E-state index in [0.717, 1.165) is 28.8 Å². The van der Waals surface area contributed by atoms with Crippen LogP contribution in [0.1, 0.15) is 44.3 Å². The maximum atomic E-state index is 13.2. The van der Waals surface area contributed by atoms with Crippen molar-refractivity contribution >= 4 is 11.9 Å². The predicted octanol–water partition coefficient (Wildman–Crippen LogP) is 3.18. The van der Waals surface area contributed by atoms with Crippen molar-refractivity contribution in [2.24, 2.45) is 5.92 Å². The maximum absolute atomic E-state index is 13.2. The molecule has 1 fully saturated rings. The molecule has 3 aromatic rings. The molecule has 162 valence electrons. The van der Waals surface area contributed by atoms with Crippen molar-refractivity contribution < 1.29 is 14.7 Å². The summed E-state index contributed by atoms with van der Waals surface area (Å²) in [5, 5.41) is 9.13. The lowest BCUT2D eigenvalue weighted by Crippen LogP contribution is -2.49. The summed E-state index contributed by atoms with van der Waals surface area (Å²) in [5.41, 5.74) is 4.18. The van der Waals surface area contributed by atoms with Crippen LogP contribution in [-0.2, 0) is 6.54 Å². The van der Waals surface area contributed by atoms with Gasteiger partial charge in [-0.05, 0) is 60.2 Å². The first kappa shape index (κ1) is 20.2. The summed E-state index contributed by atoms with van der Waals surface area (Å²) in [6.07, 6.45) is 4.25. The Labute approximate surface area is 185 Å². The average molecular weight is 429 g/mol. The standard InChI is InChI=1S/C25H23N3O4/c1-15-6-7-26-11-21(15)24(30)27-12-16-8-20(14-27)22-9-19(10-23(29)28(22)13-16)17-2-4-18(5-3-17)25(31)32/h2-7,9-11,16,20H,8,12-14H2,1H3,(H,31,32)/t16-,20+/m0/s1. The molecular formula is C25H23N3O4. The summed E-state index contributed by atoms with van der Waals surface area (Å²) < 4.78 is 1.84. The molecule has 5 rings (SSSR count). The normalized spacial score (nSPS) is 19.3. The van der Waals surface area contributed by atoms with Gasteiger partial charge in [0.1, 0.15) is 0 Å². The Morgan fingerprint density at radius 2 is 1.81 bits per heavy atom. The second kappa shape index (κ2) is 7.75. The maximum Gasteiger partial charge on any atom is 0.335 e. The number of hydrogen-bond acceptors (Lipinski definition) is 4. The first-order chi connectivity index (χ1) is 15.4. The van der Waals surface area contributed by atoms with Crippen molar-refractivity contribution in [1.29, 1.82) is 0 Å². The lowest BCUT2D eigenvalue weighted by molar-refractivity contribution is 0.0593. The largest absolute Gasteiger partial charge is 0.478 e. The molecule has 32 heavy (non-hydrogen) atoms. The van der Waals surface area contributed by atoms with Crippen LogP contribution in [-0.4, -0.2) is 44.5 Å². The van der Waals surface area contributed by atoms with Crippen LogP contribution in [0.5, 0.6) is 0 Å². The third-order valence-corrected chi connectivity index (χ3v) is 6.58. The van der Waals surface area contributed by atoms with Crippen LogP contribution in [0.25, 0.3) is 11.1 Å². The number of hydrogen-bond donors (Lipinski definition) is 1. The molecule has 0 spiro atoms. The van der Waals surface area contributed by atoms with Gasteiger partial charge in [0.25, 0.3) is 11.5 Å². The number of carboxylic acids is 1. The Kier molecular flexibility index (Phi) is 4.89. The van der Waals surface area contributed by atoms with E-state index in [1.807, 2.05) is 28.5 Å². The SMILES string of the molecule is Cc1ccncc1C(=O)N1C[C@@H]2C[C@H](C1)c1cc(-c3ccc(C(=O)O)cc3)cc(=O)n1C2. The van der Waals surface area contributed by atoms with Gasteiger partial charge in [0.2, 0.25) is 0 Å². The Morgan fingerprint density at radius 3 is 2.53 bits per heavy atom. The van der Waals surface area contributed by atoms with Crippen molar-refractivity contribution in [2.45, 2.75) is 25.8 Å². The minimum atomic E-state index is -0.982. The number of fused-ring (bicyclic) bond motifs is 4. The first-order valence-corrected chi connectivity index (χ1v) is 10.7. The Bertz CT molecular complexity index is 1280. The van der Waals surface area contributed by atoms with Crippen LogP contribution < -0.4 is 5.56 Å². The Balaban J connectivity index is 1.47. The van der Waals surface area contributed by atoms with E-state index in [0.29, 0.717) is 25.2 Å². The minimum Gasteiger partial charge on any atom is -0.478 e. The van der Waals surface area contributed by atoms with E-state index in [4.69, 9.17) is 5.11 Å². The number of likely N-dealkylation sites (tertiary alicyclic amines) is 1. The lowest BCUT2D eigenvalue weighted by Gasteiger charge is -2.43. The molecule has 1 saturated heterocycles. The van der Waals surface area contributed by atoms with Gasteiger partial charge in [0, 0.05) is 49.7 Å². The average Bonchev–Trinajstić information content (AvgIpc) is 2.79. The molecule has 7 nitrogen and oxygen atoms in total. The number of carbonyl (C=O) groups is 2. The summed E-state index contributed by atoms with van der Waals surface area (Å²) in [4.78, 5) is 43.2. The molecule has 2 aliphatic rings. The summed E-state index contributed by atoms with van der Waals surface area (Å²) in [5.74, 6) is -0.680. The van der Waals surface area contributed by atoms with Gasteiger partial charge in [-0.25, -0.2) is 4.79 Å². The van der Waals surface area contributed by atoms with E-state index in [1.165, 1.54) is 0 Å². The number of amides is 1. The number of benzene rings is 1. The lowest BCUT2D eigenvalue weighted by atomic mass is 9.82. The number of carboxylic acid groups (broad SMARTS) is 1. The quantitative estimate of drug-likeness (QED) is 0.690. The molecule has 1 aromatic carbocycles. The number of aromatic nitrogens is 2. The van der Waals surface area contributed by atoms with Gasteiger partial charge in [-0.1, -0.05) is 12.1 Å². The van der Waals surface area contributed by atoms with E-state index in [9.17, 15) is 14.4 Å². The molecule has 7 heteroatoms. The van der Waals surface area contributed by atoms with Crippen molar-refractivity contribution in [2.75, 3.05) is 13.1 Å². The summed E-state index contributed by atoms with van der Waals surface area (Å²) in [6, 6.07) is 12.0. The molecule has 2 bridgehead atoms. The summed E-state index contributed by atoms with van der Waals surface area (Å²) in [6.45, 7) is 3.70. The number of aromatic carboxylic acids is 1. The van der Waals surface area contributed by atoms with Crippen LogP contribution in [0.3, 0.4) is 0 Å². The second-order valence-corrected chi connectivity index (χ2v) is 8.70. The summed E-state index contributed by atoms with van der Waals surface area (Å²) >= 11 is 0. The first-order valence-electron chi connectivity index (χ1n) is 10.7. The van der Waals surface area contributed by atoms with E-state index < -0.39 is 5.97 Å². The predicted molar refractivity (Wildman–Crippen MR) is 119 cm³/mol. The van der Waals surface area contributed by atoms with E-state index >= 15 is 0 Å². The second-order valence-electron chi connectivity index (χ2n) is 8.70. The zero-order valence-corrected chi connectivity index (χ0v) is 17.7. The van der Waals surface area contributed by atoms with E-state index in [2.05, 4.69) is 4.98 Å². The van der Waals surface area contributed by atoms with Gasteiger partial charge in [-0.15, -0.1) is 0 Å². The fourth-order valence-corrected chi connectivity index (χ4v) is 4.96. The smallest absolute Gasteiger partial charge is 0.335 e. The minimum absolute atomic E-state index is 0.0125. The molecule has 0 aliphatic carbocycles. The monoisotopic (exact) mass is 429 g/mol. The highest BCUT2D eigenvalue weighted by molar-refractivity contribution is 5.95. The van der Waals surface area contributed by atoms with Crippen LogP contribution in [0.4, 0.5) is 0 Å². The highest BCUT2D eigenvalue weighted by atomic mass is 16.4. The number of rotatable bonds is 3. The van der Waals surface area contributed by atoms with Crippen molar-refractivity contribution in [3.63, 3.8) is 0 Å². The molecule has 2 aliphatic heterocycles. The number of pyridine rings is 2. The van der Waals surface area contributed by atoms with Gasteiger partial charge in [0.05, 0.1) is 11.1 Å². The van der Waals surface area contributed by atoms with Gasteiger partial charge in [-0.3, -0.25) is 14.6 Å². The Hall–Kier alpha value is -3.74. The number of nitrogens with zero attached hydrogens (tertiary/aromatic N) is 3. The third-order valence-electron chi connectivity index (χ3n) is 6.58. The molecule has 2 aromatic heterocycles. The van der Waals surface area contributed by atoms with Crippen molar-refractivity contribution in [3.05, 3.63) is 87.6 Å². The zero-order chi connectivity index (χ0) is 22.4. The summed E-state index contributed by atoms with van der Waals surface area (Å²) in [7, 11) is 0. The molecule has 1 amide bonds. The van der Waals surface area contributed by atoms with Crippen LogP contribution >= 0.6 is 0 Å². The van der Waals surface area contributed by atoms with E-state index in [-0.39, 0.29) is 28.9 Å². The highest BCUT2D eigenvalue weighted by Crippen LogP contribution is 2.37. The van der Waals surface area contributed by atoms with Gasteiger partial charge < -0.3 is 14.6 Å². The number of aryl methyl sites for hydroxylation is 1. The number of carbonyl (C=O) groups excluding carboxylic acids is 1. The van der Waals surface area contributed by atoms with Crippen molar-refractivity contribution in [3.8, 4) is 11.1 Å². The molecule has 4 heterocycles. The molecule has 2 atom stereocenters. The van der Waals surface area contributed by atoms with Gasteiger partial charge >= 0.3 is 5.97 Å². The Morgan fingerprint density at radius 1 is 1.03 bits per heavy atom. The van der Waals surface area contributed by atoms with E-state index in [1.54, 1.807) is 42.7 Å². The fourth-order valence-electron chi connectivity index (χ4n) is 4.96. The van der Waals surface area contributed by atoms with Crippen LogP contribution in [0.2, 0.25) is 0 Å². The zero-order valence-electron chi connectivity index (χ0n) is 17.7. The third kappa shape index (κ3) is 3.49. The number of piperidine rings is 1. The topological polar surface area (TPSA) is 92.5 Å². The highest BCUT2D eigenvalue weighted by Gasteiger charge is 2.37. The van der Waals surface area contributed by atoms with Crippen LogP contribution in [0, 0.1) is 12.8 Å². The van der Waals surface area contributed by atoms with Gasteiger partial charge in [-0.2, -0.15) is 0 Å². The van der Waals surface area contributed by atoms with Crippen molar-refractivity contribution in [1.82, 2.24) is 14.5 Å². The fraction of sp³-hybridized carbons (Fsp3) is 0.280. The molecule has 0 unspecified atom stereocenters. The van der Waals surface area contributed by atoms with Gasteiger partial charge in [0.15, 0.2) is 0 Å².